The second-order valence-corrected chi connectivity index (χ2v) is 20.5. The maximum atomic E-state index is 9.60. The van der Waals surface area contributed by atoms with Gasteiger partial charge in [0.25, 0.3) is 0 Å². The minimum atomic E-state index is -1.45. The lowest BCUT2D eigenvalue weighted by Crippen LogP contribution is -2.29. The maximum Gasteiger partial charge on any atom is 0.488 e. The summed E-state index contributed by atoms with van der Waals surface area (Å²) < 4.78 is 1.06. The SMILES string of the molecule is Cc1ccc2cc(-c3cccc(-c4ccc(C#N)cc4)c3)ccc2c1.ClCCl.N#Cc1ccc(-c2cccc(-c3ccc4cc(O)ccc4c3)c2)cc1.N#Cc1ccc(-c2cccc(Br)c2)cc1.OB(O)c1ccc2cc(O)ccc2c1. The van der Waals surface area contributed by atoms with Crippen molar-refractivity contribution in [2.24, 2.45) is 0 Å². The zero-order valence-corrected chi connectivity index (χ0v) is 47.4. The molecule has 0 heterocycles. The van der Waals surface area contributed by atoms with Crippen LogP contribution in [0.1, 0.15) is 22.3 Å². The molecule has 0 bridgehead atoms. The third-order valence-corrected chi connectivity index (χ3v) is 13.7. The number of hydrogen-bond donors (Lipinski definition) is 4. The molecule has 7 nitrogen and oxygen atoms in total. The Morgan fingerprint density at radius 1 is 0.354 bits per heavy atom. The highest BCUT2D eigenvalue weighted by Gasteiger charge is 2.11. The fourth-order valence-electron chi connectivity index (χ4n) is 9.01. The lowest BCUT2D eigenvalue weighted by molar-refractivity contribution is 0.426. The van der Waals surface area contributed by atoms with Gasteiger partial charge in [-0.3, -0.25) is 0 Å². The number of alkyl halides is 2. The highest BCUT2D eigenvalue weighted by atomic mass is 79.9. The third-order valence-electron chi connectivity index (χ3n) is 13.2. The van der Waals surface area contributed by atoms with Crippen molar-refractivity contribution in [3.8, 4) is 85.3 Å². The van der Waals surface area contributed by atoms with E-state index in [0.717, 1.165) is 70.5 Å². The molecule has 12 rings (SSSR count). The zero-order chi connectivity index (χ0) is 58.0. The molecule has 0 amide bonds. The smallest absolute Gasteiger partial charge is 0.488 e. The van der Waals surface area contributed by atoms with E-state index in [0.29, 0.717) is 22.2 Å². The van der Waals surface area contributed by atoms with E-state index >= 15 is 0 Å². The molecular formula is C71H51BBrCl2N3O4. The summed E-state index contributed by atoms with van der Waals surface area (Å²) in [5.41, 5.74) is 15.2. The highest BCUT2D eigenvalue weighted by molar-refractivity contribution is 9.10. The molecule has 82 heavy (non-hydrogen) atoms. The van der Waals surface area contributed by atoms with E-state index in [1.165, 1.54) is 27.5 Å². The van der Waals surface area contributed by atoms with Crippen LogP contribution >= 0.6 is 39.1 Å². The Bertz CT molecular complexity index is 4110. The lowest BCUT2D eigenvalue weighted by atomic mass is 9.79. The first kappa shape index (κ1) is 58.7. The van der Waals surface area contributed by atoms with Gasteiger partial charge in [0.2, 0.25) is 0 Å². The van der Waals surface area contributed by atoms with Crippen molar-refractivity contribution in [3.63, 3.8) is 0 Å². The van der Waals surface area contributed by atoms with Crippen LogP contribution in [-0.4, -0.2) is 32.7 Å². The molecule has 12 aromatic rings. The largest absolute Gasteiger partial charge is 0.508 e. The third kappa shape index (κ3) is 15.9. The van der Waals surface area contributed by atoms with E-state index in [-0.39, 0.29) is 16.8 Å². The highest BCUT2D eigenvalue weighted by Crippen LogP contribution is 2.32. The Hall–Kier alpha value is -9.47. The molecule has 398 valence electrons. The molecule has 0 fully saturated rings. The van der Waals surface area contributed by atoms with Crippen molar-refractivity contribution in [3.05, 3.63) is 282 Å². The molecule has 0 spiro atoms. The Morgan fingerprint density at radius 3 is 1.06 bits per heavy atom. The molecule has 0 unspecified atom stereocenters. The van der Waals surface area contributed by atoms with Crippen LogP contribution in [0.15, 0.2) is 259 Å². The Labute approximate surface area is 496 Å². The predicted molar refractivity (Wildman–Crippen MR) is 342 cm³/mol. The Morgan fingerprint density at radius 2 is 0.659 bits per heavy atom. The normalized spacial score (nSPS) is 10.2. The van der Waals surface area contributed by atoms with Crippen molar-refractivity contribution in [2.45, 2.75) is 6.92 Å². The Kier molecular flexibility index (Phi) is 20.5. The molecule has 0 radical (unpaired) electrons. The fourth-order valence-corrected chi connectivity index (χ4v) is 9.41. The first-order valence-corrected chi connectivity index (χ1v) is 27.6. The summed E-state index contributed by atoms with van der Waals surface area (Å²) in [6, 6.07) is 89.1. The van der Waals surface area contributed by atoms with Crippen LogP contribution in [-0.2, 0) is 0 Å². The molecular weight excluding hydrogens is 1120 g/mol. The van der Waals surface area contributed by atoms with Gasteiger partial charge in [0.15, 0.2) is 0 Å². The van der Waals surface area contributed by atoms with Crippen LogP contribution in [0.3, 0.4) is 0 Å². The molecule has 0 aromatic heterocycles. The summed E-state index contributed by atoms with van der Waals surface area (Å²) in [6.07, 6.45) is 0. The van der Waals surface area contributed by atoms with Crippen molar-refractivity contribution in [1.82, 2.24) is 0 Å². The van der Waals surface area contributed by atoms with Gasteiger partial charge in [0.05, 0.1) is 40.2 Å². The number of nitrogens with zero attached hydrogens (tertiary/aromatic N) is 3. The van der Waals surface area contributed by atoms with Crippen LogP contribution in [0.2, 0.25) is 0 Å². The molecule has 0 aliphatic rings. The van der Waals surface area contributed by atoms with Crippen molar-refractivity contribution in [1.29, 1.82) is 15.8 Å². The van der Waals surface area contributed by atoms with E-state index in [1.807, 2.05) is 109 Å². The fraction of sp³-hybridized carbons (Fsp3) is 0.0282. The van der Waals surface area contributed by atoms with Gasteiger partial charge >= 0.3 is 7.12 Å². The number of benzene rings is 12. The van der Waals surface area contributed by atoms with Crippen molar-refractivity contribution < 1.29 is 20.3 Å². The van der Waals surface area contributed by atoms with Crippen LogP contribution < -0.4 is 5.46 Å². The monoisotopic (exact) mass is 1170 g/mol. The topological polar surface area (TPSA) is 152 Å². The van der Waals surface area contributed by atoms with Gasteiger partial charge < -0.3 is 20.3 Å². The predicted octanol–water partition coefficient (Wildman–Crippen LogP) is 17.7. The first-order chi connectivity index (χ1) is 39.8. The molecule has 0 aliphatic heterocycles. The van der Waals surface area contributed by atoms with Gasteiger partial charge in [-0.2, -0.15) is 15.8 Å². The minimum absolute atomic E-state index is 0.194. The standard InChI is InChI=1S/C24H17N.C23H15NO.C13H8BrN.C10H9BO3.CH2Cl2/c1-17-5-8-23-15-24(12-11-22(23)13-17)21-4-2-3-20(14-21)19-9-6-18(16-25)7-10-19;24-15-16-4-6-17(7-5-16)18-2-1-3-19(12-18)20-8-9-22-14-23(25)11-10-21(22)13-20;14-13-3-1-2-12(8-13)11-6-4-10(9-15)5-7-11;12-10-4-2-7-5-9(11(13)14)3-1-8(7)6-10;2-1-3/h2-15H,1H3;1-14,25H;1-8H;1-6,12-14H;1H2. The first-order valence-electron chi connectivity index (χ1n) is 25.8. The summed E-state index contributed by atoms with van der Waals surface area (Å²) >= 11 is 13.0. The lowest BCUT2D eigenvalue weighted by Gasteiger charge is -2.08. The van der Waals surface area contributed by atoms with Gasteiger partial charge in [-0.05, 0) is 197 Å². The van der Waals surface area contributed by atoms with Gasteiger partial charge in [0, 0.05) is 4.47 Å². The van der Waals surface area contributed by atoms with Gasteiger partial charge in [0.1, 0.15) is 11.5 Å². The van der Waals surface area contributed by atoms with E-state index in [4.69, 9.17) is 49.0 Å². The number of halogens is 3. The second kappa shape index (κ2) is 28.6. The summed E-state index contributed by atoms with van der Waals surface area (Å²) in [6.45, 7) is 2.12. The quantitative estimate of drug-likeness (QED) is 0.0955. The molecule has 4 N–H and O–H groups in total. The number of fused-ring (bicyclic) bond motifs is 3. The van der Waals surface area contributed by atoms with Crippen LogP contribution in [0, 0.1) is 40.9 Å². The molecule has 0 atom stereocenters. The van der Waals surface area contributed by atoms with E-state index < -0.39 is 7.12 Å². The number of rotatable bonds is 6. The average molecular weight is 1170 g/mol. The van der Waals surface area contributed by atoms with Crippen LogP contribution in [0.25, 0.3) is 88.0 Å². The zero-order valence-electron chi connectivity index (χ0n) is 44.3. The van der Waals surface area contributed by atoms with Crippen LogP contribution in [0.4, 0.5) is 0 Å². The van der Waals surface area contributed by atoms with Gasteiger partial charge in [-0.15, -0.1) is 23.2 Å². The molecule has 0 saturated heterocycles. The van der Waals surface area contributed by atoms with E-state index in [9.17, 15) is 10.2 Å². The number of phenolic OH excluding ortho intramolecular Hbond substituents is 2. The van der Waals surface area contributed by atoms with Gasteiger partial charge in [-0.1, -0.05) is 179 Å². The van der Waals surface area contributed by atoms with E-state index in [1.54, 1.807) is 48.5 Å². The summed E-state index contributed by atoms with van der Waals surface area (Å²) in [5, 5.41) is 69.8. The second-order valence-electron chi connectivity index (χ2n) is 18.8. The van der Waals surface area contributed by atoms with E-state index in [2.05, 4.69) is 138 Å². The summed E-state index contributed by atoms with van der Waals surface area (Å²) in [5.74, 6) is 0.484. The maximum absolute atomic E-state index is 9.60. The number of hydrogen-bond acceptors (Lipinski definition) is 7. The molecule has 0 saturated carbocycles. The molecule has 0 aliphatic carbocycles. The minimum Gasteiger partial charge on any atom is -0.508 e. The molecule has 11 heteroatoms. The summed E-state index contributed by atoms with van der Waals surface area (Å²) in [7, 11) is -1.45. The number of phenols is 2. The number of aryl methyl sites for hydroxylation is 1. The van der Waals surface area contributed by atoms with Crippen molar-refractivity contribution >= 4 is 84.0 Å². The number of nitriles is 3. The van der Waals surface area contributed by atoms with Crippen LogP contribution in [0.5, 0.6) is 11.5 Å². The van der Waals surface area contributed by atoms with Gasteiger partial charge in [-0.25, -0.2) is 0 Å². The molecule has 12 aromatic carbocycles. The van der Waals surface area contributed by atoms with Crippen molar-refractivity contribution in [2.75, 3.05) is 5.34 Å². The average Bonchev–Trinajstić information content (AvgIpc) is 3.54. The number of aromatic hydroxyl groups is 2. The summed E-state index contributed by atoms with van der Waals surface area (Å²) in [4.78, 5) is 0. The Balaban J connectivity index is 0.000000145.